The number of halogens is 3. The molecule has 1 rings (SSSR count). The predicted octanol–water partition coefficient (Wildman–Crippen LogP) is 1.73. The largest absolute Gasteiger partial charge is 0.432 e. The van der Waals surface area contributed by atoms with Gasteiger partial charge in [0.2, 0.25) is 0 Å². The minimum atomic E-state index is -3.04. The second kappa shape index (κ2) is 3.62. The Morgan fingerprint density at radius 3 is 2.75 bits per heavy atom. The van der Waals surface area contributed by atoms with Crippen molar-refractivity contribution in [3.8, 4) is 0 Å². The normalized spacial score (nSPS) is 23.6. The van der Waals surface area contributed by atoms with Crippen molar-refractivity contribution in [2.75, 3.05) is 0 Å². The first-order chi connectivity index (χ1) is 5.59. The maximum absolute atomic E-state index is 12.7. The van der Waals surface area contributed by atoms with Gasteiger partial charge in [0.1, 0.15) is 5.83 Å². The van der Waals surface area contributed by atoms with Crippen LogP contribution in [0.1, 0.15) is 6.42 Å². The molecule has 1 unspecified atom stereocenters. The van der Waals surface area contributed by atoms with Crippen LogP contribution >= 0.6 is 0 Å². The fourth-order valence-corrected chi connectivity index (χ4v) is 0.840. The molecule has 1 aliphatic carbocycles. The molecule has 1 atom stereocenters. The highest BCUT2D eigenvalue weighted by Gasteiger charge is 2.17. The molecular formula is C7H7F3O2. The Labute approximate surface area is 66.9 Å². The van der Waals surface area contributed by atoms with Crippen LogP contribution < -0.4 is 0 Å². The minimum absolute atomic E-state index is 0.307. The Hall–Kier alpha value is -0.970. The molecule has 0 saturated heterocycles. The lowest BCUT2D eigenvalue weighted by Gasteiger charge is -2.13. The number of aliphatic hydroxyl groups is 1. The molecule has 1 N–H and O–H groups in total. The first-order valence-corrected chi connectivity index (χ1v) is 3.29. The number of aliphatic hydroxyl groups excluding tert-OH is 1. The summed E-state index contributed by atoms with van der Waals surface area (Å²) < 4.78 is 39.6. The summed E-state index contributed by atoms with van der Waals surface area (Å²) in [6.07, 6.45) is 0.935. The Balaban J connectivity index is 2.64. The van der Waals surface area contributed by atoms with Crippen LogP contribution in [0.2, 0.25) is 0 Å². The van der Waals surface area contributed by atoms with E-state index in [-0.39, 0.29) is 6.42 Å². The topological polar surface area (TPSA) is 29.5 Å². The average Bonchev–Trinajstić information content (AvgIpc) is 1.94. The number of ether oxygens (including phenoxy) is 1. The van der Waals surface area contributed by atoms with Gasteiger partial charge in [-0.1, -0.05) is 6.08 Å². The maximum atomic E-state index is 12.7. The van der Waals surface area contributed by atoms with Crippen LogP contribution in [0.3, 0.4) is 0 Å². The summed E-state index contributed by atoms with van der Waals surface area (Å²) in [5.41, 5.74) is 0. The van der Waals surface area contributed by atoms with E-state index in [1.807, 2.05) is 0 Å². The third-order valence-corrected chi connectivity index (χ3v) is 1.34. The van der Waals surface area contributed by atoms with Crippen molar-refractivity contribution in [1.29, 1.82) is 0 Å². The standard InChI is InChI=1S/C7H7F3O2/c8-5-3-4(11)1-2-6(5)12-7(9)10/h1-2,4,7,11H,3H2. The molecule has 0 amide bonds. The second-order valence-electron chi connectivity index (χ2n) is 2.28. The first-order valence-electron chi connectivity index (χ1n) is 3.29. The molecule has 0 aromatic rings. The molecule has 0 heterocycles. The van der Waals surface area contributed by atoms with Gasteiger partial charge in [-0.05, 0) is 6.08 Å². The highest BCUT2D eigenvalue weighted by atomic mass is 19.3. The van der Waals surface area contributed by atoms with Crippen LogP contribution in [-0.4, -0.2) is 17.8 Å². The van der Waals surface area contributed by atoms with Crippen LogP contribution in [0.25, 0.3) is 0 Å². The van der Waals surface area contributed by atoms with E-state index in [1.165, 1.54) is 6.08 Å². The number of rotatable bonds is 2. The molecule has 0 saturated carbocycles. The molecule has 12 heavy (non-hydrogen) atoms. The molecule has 1 aliphatic rings. The van der Waals surface area contributed by atoms with E-state index in [0.717, 1.165) is 6.08 Å². The molecule has 0 aromatic heterocycles. The van der Waals surface area contributed by atoms with Gasteiger partial charge >= 0.3 is 6.61 Å². The van der Waals surface area contributed by atoms with Gasteiger partial charge < -0.3 is 9.84 Å². The fraction of sp³-hybridized carbons (Fsp3) is 0.429. The van der Waals surface area contributed by atoms with Crippen LogP contribution in [-0.2, 0) is 4.74 Å². The van der Waals surface area contributed by atoms with Crippen molar-refractivity contribution < 1.29 is 23.0 Å². The molecule has 5 heteroatoms. The molecule has 0 radical (unpaired) electrons. The average molecular weight is 180 g/mol. The molecule has 0 aliphatic heterocycles. The van der Waals surface area contributed by atoms with E-state index in [4.69, 9.17) is 5.11 Å². The van der Waals surface area contributed by atoms with Gasteiger partial charge in [-0.25, -0.2) is 4.39 Å². The van der Waals surface area contributed by atoms with Crippen molar-refractivity contribution in [2.24, 2.45) is 0 Å². The Kier molecular flexibility index (Phi) is 2.75. The van der Waals surface area contributed by atoms with Crippen LogP contribution in [0.4, 0.5) is 13.2 Å². The van der Waals surface area contributed by atoms with E-state index >= 15 is 0 Å². The summed E-state index contributed by atoms with van der Waals surface area (Å²) in [6, 6.07) is 0. The van der Waals surface area contributed by atoms with Crippen LogP contribution in [0, 0.1) is 0 Å². The summed E-state index contributed by atoms with van der Waals surface area (Å²) in [5.74, 6) is -1.36. The number of hydrogen-bond acceptors (Lipinski definition) is 2. The highest BCUT2D eigenvalue weighted by molar-refractivity contribution is 5.22. The zero-order chi connectivity index (χ0) is 9.14. The molecule has 0 bridgehead atoms. The van der Waals surface area contributed by atoms with Crippen molar-refractivity contribution in [2.45, 2.75) is 19.1 Å². The smallest absolute Gasteiger partial charge is 0.387 e. The first kappa shape index (κ1) is 9.12. The van der Waals surface area contributed by atoms with E-state index in [1.54, 1.807) is 0 Å². The lowest BCUT2D eigenvalue weighted by Crippen LogP contribution is -2.10. The van der Waals surface area contributed by atoms with E-state index in [2.05, 4.69) is 4.74 Å². The zero-order valence-electron chi connectivity index (χ0n) is 6.01. The number of alkyl halides is 2. The second-order valence-corrected chi connectivity index (χ2v) is 2.28. The van der Waals surface area contributed by atoms with E-state index in [9.17, 15) is 13.2 Å². The molecule has 0 spiro atoms. The van der Waals surface area contributed by atoms with Gasteiger partial charge in [-0.2, -0.15) is 8.78 Å². The summed E-state index contributed by atoms with van der Waals surface area (Å²) in [7, 11) is 0. The van der Waals surface area contributed by atoms with Gasteiger partial charge in [0, 0.05) is 6.42 Å². The fourth-order valence-electron chi connectivity index (χ4n) is 0.840. The maximum Gasteiger partial charge on any atom is 0.387 e. The van der Waals surface area contributed by atoms with Gasteiger partial charge in [-0.3, -0.25) is 0 Å². The molecule has 0 fully saturated rings. The number of hydrogen-bond donors (Lipinski definition) is 1. The summed E-state index contributed by atoms with van der Waals surface area (Å²) in [6.45, 7) is -3.04. The van der Waals surface area contributed by atoms with Crippen molar-refractivity contribution in [3.63, 3.8) is 0 Å². The van der Waals surface area contributed by atoms with Crippen molar-refractivity contribution >= 4 is 0 Å². The monoisotopic (exact) mass is 180 g/mol. The van der Waals surface area contributed by atoms with Gasteiger partial charge in [0.15, 0.2) is 5.76 Å². The quantitative estimate of drug-likeness (QED) is 0.701. The molecule has 2 nitrogen and oxygen atoms in total. The van der Waals surface area contributed by atoms with Crippen molar-refractivity contribution in [3.05, 3.63) is 23.7 Å². The lowest BCUT2D eigenvalue weighted by atomic mass is 10.1. The molecule has 0 aromatic carbocycles. The summed E-state index contributed by atoms with van der Waals surface area (Å²) in [4.78, 5) is 0. The molecular weight excluding hydrogens is 173 g/mol. The van der Waals surface area contributed by atoms with Crippen LogP contribution in [0.5, 0.6) is 0 Å². The SMILES string of the molecule is OC1C=CC(OC(F)F)=C(F)C1. The highest BCUT2D eigenvalue weighted by Crippen LogP contribution is 2.22. The van der Waals surface area contributed by atoms with Gasteiger partial charge in [0.05, 0.1) is 6.10 Å². The van der Waals surface area contributed by atoms with E-state index in [0.29, 0.717) is 0 Å². The summed E-state index contributed by atoms with van der Waals surface area (Å²) in [5, 5.41) is 8.83. The lowest BCUT2D eigenvalue weighted by molar-refractivity contribution is -0.0951. The van der Waals surface area contributed by atoms with Crippen LogP contribution in [0.15, 0.2) is 23.7 Å². The Bertz CT molecular complexity index is 223. The minimum Gasteiger partial charge on any atom is -0.432 e. The zero-order valence-corrected chi connectivity index (χ0v) is 6.01. The number of allylic oxidation sites excluding steroid dienone is 1. The Morgan fingerprint density at radius 1 is 1.58 bits per heavy atom. The summed E-state index contributed by atoms with van der Waals surface area (Å²) >= 11 is 0. The van der Waals surface area contributed by atoms with Gasteiger partial charge in [0.25, 0.3) is 0 Å². The Morgan fingerprint density at radius 2 is 2.25 bits per heavy atom. The molecule has 68 valence electrons. The third-order valence-electron chi connectivity index (χ3n) is 1.34. The predicted molar refractivity (Wildman–Crippen MR) is 35.0 cm³/mol. The third kappa shape index (κ3) is 2.27. The van der Waals surface area contributed by atoms with E-state index < -0.39 is 24.3 Å². The van der Waals surface area contributed by atoms with Gasteiger partial charge in [-0.15, -0.1) is 0 Å². The van der Waals surface area contributed by atoms with Crippen molar-refractivity contribution in [1.82, 2.24) is 0 Å².